The first kappa shape index (κ1) is 16.0. The molecule has 0 aromatic heterocycles. The van der Waals surface area contributed by atoms with Gasteiger partial charge in [0.1, 0.15) is 6.10 Å². The number of carbonyl (C=O) groups is 1. The first-order valence-corrected chi connectivity index (χ1v) is 7.69. The van der Waals surface area contributed by atoms with Crippen LogP contribution >= 0.6 is 0 Å². The zero-order valence-electron chi connectivity index (χ0n) is 13.1. The highest BCUT2D eigenvalue weighted by Gasteiger charge is 2.28. The van der Waals surface area contributed by atoms with E-state index in [1.807, 2.05) is 45.2 Å². The van der Waals surface area contributed by atoms with Crippen LogP contribution in [0.1, 0.15) is 42.6 Å². The minimum Gasteiger partial charge on any atom is -0.459 e. The number of likely N-dealkylation sites (N-methyl/N-ethyl adjacent to an activating group) is 1. The highest BCUT2D eigenvalue weighted by atomic mass is 16.6. The average Bonchev–Trinajstić information content (AvgIpc) is 2.44. The van der Waals surface area contributed by atoms with E-state index in [-0.39, 0.29) is 24.3 Å². The summed E-state index contributed by atoms with van der Waals surface area (Å²) in [6.45, 7) is 4.89. The van der Waals surface area contributed by atoms with Crippen molar-refractivity contribution in [1.29, 1.82) is 0 Å². The maximum absolute atomic E-state index is 12.4. The summed E-state index contributed by atoms with van der Waals surface area (Å²) in [6.07, 6.45) is 2.61. The Morgan fingerprint density at radius 3 is 2.62 bits per heavy atom. The summed E-state index contributed by atoms with van der Waals surface area (Å²) in [5.41, 5.74) is 1.71. The van der Waals surface area contributed by atoms with E-state index in [0.29, 0.717) is 5.56 Å². The minimum absolute atomic E-state index is 0.0476. The maximum Gasteiger partial charge on any atom is 0.338 e. The van der Waals surface area contributed by atoms with Gasteiger partial charge in [-0.15, -0.1) is 0 Å². The lowest BCUT2D eigenvalue weighted by molar-refractivity contribution is -0.0855. The van der Waals surface area contributed by atoms with Crippen molar-refractivity contribution in [3.05, 3.63) is 35.4 Å². The largest absolute Gasteiger partial charge is 0.459 e. The fourth-order valence-corrected chi connectivity index (χ4v) is 2.85. The van der Waals surface area contributed by atoms with Gasteiger partial charge in [-0.2, -0.15) is 0 Å². The Balaban J connectivity index is 2.02. The molecule has 1 aromatic carbocycles. The third-order valence-electron chi connectivity index (χ3n) is 3.81. The number of ether oxygens (including phenoxy) is 2. The molecule has 0 radical (unpaired) electrons. The summed E-state index contributed by atoms with van der Waals surface area (Å²) < 4.78 is 11.4. The van der Waals surface area contributed by atoms with Gasteiger partial charge in [-0.1, -0.05) is 18.2 Å². The summed E-state index contributed by atoms with van der Waals surface area (Å²) in [7, 11) is 1.91. The zero-order chi connectivity index (χ0) is 15.2. The molecular formula is C17H25NO3. The lowest BCUT2D eigenvalue weighted by Crippen LogP contribution is -2.35. The molecule has 4 heteroatoms. The van der Waals surface area contributed by atoms with E-state index in [4.69, 9.17) is 9.47 Å². The van der Waals surface area contributed by atoms with Crippen LogP contribution in [0.2, 0.25) is 0 Å². The molecule has 1 N–H and O–H groups in total. The number of rotatable bonds is 5. The molecule has 2 atom stereocenters. The van der Waals surface area contributed by atoms with Gasteiger partial charge in [0.15, 0.2) is 0 Å². The molecule has 2 unspecified atom stereocenters. The predicted octanol–water partition coefficient (Wildman–Crippen LogP) is 2.56. The molecule has 0 aliphatic carbocycles. The van der Waals surface area contributed by atoms with E-state index in [9.17, 15) is 4.79 Å². The number of nitrogens with one attached hydrogen (secondary N) is 1. The first-order valence-electron chi connectivity index (χ1n) is 7.69. The van der Waals surface area contributed by atoms with Gasteiger partial charge >= 0.3 is 5.97 Å². The van der Waals surface area contributed by atoms with E-state index < -0.39 is 0 Å². The predicted molar refractivity (Wildman–Crippen MR) is 82.5 cm³/mol. The molecule has 2 rings (SSSR count). The van der Waals surface area contributed by atoms with E-state index in [1.54, 1.807) is 0 Å². The third-order valence-corrected chi connectivity index (χ3v) is 3.81. The Labute approximate surface area is 126 Å². The van der Waals surface area contributed by atoms with Crippen molar-refractivity contribution < 1.29 is 14.3 Å². The molecular weight excluding hydrogens is 266 g/mol. The molecule has 1 fully saturated rings. The van der Waals surface area contributed by atoms with Crippen molar-refractivity contribution in [1.82, 2.24) is 5.32 Å². The van der Waals surface area contributed by atoms with Crippen LogP contribution in [0.3, 0.4) is 0 Å². The van der Waals surface area contributed by atoms with Crippen LogP contribution in [-0.2, 0) is 15.9 Å². The van der Waals surface area contributed by atoms with Crippen molar-refractivity contribution in [3.8, 4) is 0 Å². The smallest absolute Gasteiger partial charge is 0.338 e. The summed E-state index contributed by atoms with van der Waals surface area (Å²) in [4.78, 5) is 12.4. The normalized spacial score (nSPS) is 25.6. The Hall–Kier alpha value is -1.39. The number of hydrogen-bond donors (Lipinski definition) is 1. The van der Waals surface area contributed by atoms with Crippen molar-refractivity contribution in [2.24, 2.45) is 0 Å². The second-order valence-corrected chi connectivity index (χ2v) is 5.77. The van der Waals surface area contributed by atoms with Crippen molar-refractivity contribution in [2.75, 3.05) is 13.6 Å². The Morgan fingerprint density at radius 1 is 1.29 bits per heavy atom. The zero-order valence-corrected chi connectivity index (χ0v) is 13.1. The van der Waals surface area contributed by atoms with Crippen molar-refractivity contribution in [3.63, 3.8) is 0 Å². The highest BCUT2D eigenvalue weighted by molar-refractivity contribution is 5.91. The number of benzene rings is 1. The van der Waals surface area contributed by atoms with Crippen LogP contribution in [0.25, 0.3) is 0 Å². The maximum atomic E-state index is 12.4. The van der Waals surface area contributed by atoms with Crippen LogP contribution in [0.4, 0.5) is 0 Å². The highest BCUT2D eigenvalue weighted by Crippen LogP contribution is 2.23. The van der Waals surface area contributed by atoms with Crippen LogP contribution in [0, 0.1) is 0 Å². The average molecular weight is 291 g/mol. The second kappa shape index (κ2) is 7.57. The minimum atomic E-state index is -0.215. The summed E-state index contributed by atoms with van der Waals surface area (Å²) in [6, 6.07) is 7.68. The Bertz CT molecular complexity index is 465. The van der Waals surface area contributed by atoms with Crippen molar-refractivity contribution in [2.45, 2.75) is 51.4 Å². The molecule has 1 aliphatic heterocycles. The molecule has 116 valence electrons. The van der Waals surface area contributed by atoms with Crippen LogP contribution in [0.5, 0.6) is 0 Å². The number of carbonyl (C=O) groups excluding carboxylic acids is 1. The van der Waals surface area contributed by atoms with E-state index in [1.165, 1.54) is 0 Å². The quantitative estimate of drug-likeness (QED) is 0.847. The SMILES string of the molecule is CNCCc1ccccc1C(=O)OC1CC(C)OC(C)C1. The van der Waals surface area contributed by atoms with Crippen LogP contribution in [-0.4, -0.2) is 37.9 Å². The Kier molecular flexibility index (Phi) is 5.76. The molecule has 1 aromatic rings. The third kappa shape index (κ3) is 4.55. The molecule has 0 amide bonds. The summed E-state index contributed by atoms with van der Waals surface area (Å²) in [5.74, 6) is -0.215. The van der Waals surface area contributed by atoms with E-state index >= 15 is 0 Å². The van der Waals surface area contributed by atoms with Gasteiger partial charge in [-0.3, -0.25) is 0 Å². The molecule has 0 bridgehead atoms. The van der Waals surface area contributed by atoms with E-state index in [0.717, 1.165) is 31.4 Å². The molecule has 1 heterocycles. The number of esters is 1. The van der Waals surface area contributed by atoms with Gasteiger partial charge in [0.05, 0.1) is 17.8 Å². The van der Waals surface area contributed by atoms with Crippen LogP contribution < -0.4 is 5.32 Å². The number of hydrogen-bond acceptors (Lipinski definition) is 4. The fraction of sp³-hybridized carbons (Fsp3) is 0.588. The van der Waals surface area contributed by atoms with E-state index in [2.05, 4.69) is 5.32 Å². The van der Waals surface area contributed by atoms with Gasteiger partial charge in [0, 0.05) is 12.8 Å². The summed E-state index contributed by atoms with van der Waals surface area (Å²) in [5, 5.41) is 3.11. The lowest BCUT2D eigenvalue weighted by atomic mass is 10.0. The molecule has 1 saturated heterocycles. The fourth-order valence-electron chi connectivity index (χ4n) is 2.85. The van der Waals surface area contributed by atoms with Gasteiger partial charge < -0.3 is 14.8 Å². The molecule has 4 nitrogen and oxygen atoms in total. The summed E-state index contributed by atoms with van der Waals surface area (Å²) >= 11 is 0. The topological polar surface area (TPSA) is 47.6 Å². The van der Waals surface area contributed by atoms with Gasteiger partial charge in [0.25, 0.3) is 0 Å². The van der Waals surface area contributed by atoms with Gasteiger partial charge in [-0.25, -0.2) is 4.79 Å². The van der Waals surface area contributed by atoms with Crippen LogP contribution in [0.15, 0.2) is 24.3 Å². The van der Waals surface area contributed by atoms with Gasteiger partial charge in [0.2, 0.25) is 0 Å². The molecule has 0 spiro atoms. The van der Waals surface area contributed by atoms with Gasteiger partial charge in [-0.05, 0) is 45.5 Å². The molecule has 1 aliphatic rings. The Morgan fingerprint density at radius 2 is 1.95 bits per heavy atom. The second-order valence-electron chi connectivity index (χ2n) is 5.77. The first-order chi connectivity index (χ1) is 10.1. The molecule has 21 heavy (non-hydrogen) atoms. The molecule has 0 saturated carbocycles. The lowest BCUT2D eigenvalue weighted by Gasteiger charge is -2.31. The van der Waals surface area contributed by atoms with Crippen molar-refractivity contribution >= 4 is 5.97 Å². The standard InChI is InChI=1S/C17H25NO3/c1-12-10-15(11-13(2)20-12)21-17(19)16-7-5-4-6-14(16)8-9-18-3/h4-7,12-13,15,18H,8-11H2,1-3H3. The monoisotopic (exact) mass is 291 g/mol.